The smallest absolute Gasteiger partial charge is 0.335 e. The second kappa shape index (κ2) is 5.40. The maximum atomic E-state index is 11.0. The van der Waals surface area contributed by atoms with E-state index in [1.807, 2.05) is 0 Å². The number of carbonyl (C=O) groups is 1. The fourth-order valence-electron chi connectivity index (χ4n) is 2.19. The third-order valence-electron chi connectivity index (χ3n) is 3.37. The Labute approximate surface area is 107 Å². The Morgan fingerprint density at radius 2 is 2.22 bits per heavy atom. The van der Waals surface area contributed by atoms with Gasteiger partial charge in [0.2, 0.25) is 0 Å². The lowest BCUT2D eigenvalue weighted by atomic mass is 10.1. The molecular weight excluding hydrogens is 230 g/mol. The van der Waals surface area contributed by atoms with E-state index in [1.165, 1.54) is 12.8 Å². The van der Waals surface area contributed by atoms with Crippen LogP contribution in [-0.2, 0) is 6.54 Å². The quantitative estimate of drug-likeness (QED) is 0.841. The molecule has 0 bridgehead atoms. The van der Waals surface area contributed by atoms with Gasteiger partial charge in [0.05, 0.1) is 12.7 Å². The van der Waals surface area contributed by atoms with Crippen molar-refractivity contribution in [2.24, 2.45) is 0 Å². The molecule has 0 atom stereocenters. The molecular formula is C14H19NO3. The van der Waals surface area contributed by atoms with Gasteiger partial charge >= 0.3 is 5.97 Å². The van der Waals surface area contributed by atoms with E-state index in [-0.39, 0.29) is 0 Å². The van der Waals surface area contributed by atoms with Crippen LogP contribution in [0.3, 0.4) is 0 Å². The first-order valence-electron chi connectivity index (χ1n) is 6.30. The molecule has 0 unspecified atom stereocenters. The number of carboxylic acid groups (broad SMARTS) is 1. The summed E-state index contributed by atoms with van der Waals surface area (Å²) in [6.45, 7) is 3.86. The average molecular weight is 249 g/mol. The molecule has 4 nitrogen and oxygen atoms in total. The van der Waals surface area contributed by atoms with Crippen LogP contribution in [0.2, 0.25) is 0 Å². The van der Waals surface area contributed by atoms with Crippen LogP contribution in [0.4, 0.5) is 0 Å². The zero-order valence-electron chi connectivity index (χ0n) is 10.8. The fourth-order valence-corrected chi connectivity index (χ4v) is 2.19. The molecule has 98 valence electrons. The first-order valence-corrected chi connectivity index (χ1v) is 6.30. The monoisotopic (exact) mass is 249 g/mol. The average Bonchev–Trinajstić information content (AvgIpc) is 3.19. The topological polar surface area (TPSA) is 49.8 Å². The Morgan fingerprint density at radius 3 is 2.72 bits per heavy atom. The molecule has 1 aromatic rings. The van der Waals surface area contributed by atoms with Gasteiger partial charge in [-0.25, -0.2) is 4.79 Å². The van der Waals surface area contributed by atoms with E-state index < -0.39 is 5.97 Å². The van der Waals surface area contributed by atoms with Gasteiger partial charge in [-0.2, -0.15) is 0 Å². The molecule has 0 radical (unpaired) electrons. The molecule has 0 aromatic heterocycles. The first kappa shape index (κ1) is 12.9. The predicted octanol–water partition coefficient (Wildman–Crippen LogP) is 2.38. The summed E-state index contributed by atoms with van der Waals surface area (Å²) in [4.78, 5) is 13.4. The van der Waals surface area contributed by atoms with Crippen molar-refractivity contribution in [3.05, 3.63) is 29.3 Å². The summed E-state index contributed by atoms with van der Waals surface area (Å²) in [5, 5.41) is 9.03. The molecule has 0 aliphatic heterocycles. The van der Waals surface area contributed by atoms with Gasteiger partial charge in [-0.15, -0.1) is 0 Å². The zero-order valence-corrected chi connectivity index (χ0v) is 10.8. The molecule has 1 aromatic carbocycles. The van der Waals surface area contributed by atoms with Crippen LogP contribution in [0.15, 0.2) is 18.2 Å². The molecule has 0 amide bonds. The summed E-state index contributed by atoms with van der Waals surface area (Å²) < 4.78 is 5.31. The Balaban J connectivity index is 2.22. The van der Waals surface area contributed by atoms with Gasteiger partial charge in [0.25, 0.3) is 0 Å². The standard InChI is InChI=1S/C14H19NO3/c1-3-15(12-5-6-12)9-11-8-10(14(16)17)4-7-13(11)18-2/h4,7-8,12H,3,5-6,9H2,1-2H3,(H,16,17). The lowest BCUT2D eigenvalue weighted by Gasteiger charge is -2.21. The molecule has 0 saturated heterocycles. The van der Waals surface area contributed by atoms with Gasteiger partial charge in [-0.1, -0.05) is 6.92 Å². The van der Waals surface area contributed by atoms with Gasteiger partial charge in [-0.05, 0) is 37.6 Å². The molecule has 1 N–H and O–H groups in total. The molecule has 0 spiro atoms. The van der Waals surface area contributed by atoms with Gasteiger partial charge in [0.15, 0.2) is 0 Å². The maximum absolute atomic E-state index is 11.0. The van der Waals surface area contributed by atoms with Crippen LogP contribution in [0, 0.1) is 0 Å². The van der Waals surface area contributed by atoms with Crippen molar-refractivity contribution >= 4 is 5.97 Å². The minimum Gasteiger partial charge on any atom is -0.496 e. The summed E-state index contributed by atoms with van der Waals surface area (Å²) in [5.74, 6) is -0.132. The van der Waals surface area contributed by atoms with Crippen LogP contribution in [0.5, 0.6) is 5.75 Å². The number of methoxy groups -OCH3 is 1. The second-order valence-corrected chi connectivity index (χ2v) is 4.63. The van der Waals surface area contributed by atoms with Gasteiger partial charge in [0, 0.05) is 18.2 Å². The van der Waals surface area contributed by atoms with Crippen LogP contribution in [0.25, 0.3) is 0 Å². The van der Waals surface area contributed by atoms with Gasteiger partial charge in [0.1, 0.15) is 5.75 Å². The number of benzene rings is 1. The summed E-state index contributed by atoms with van der Waals surface area (Å²) in [6, 6.07) is 5.69. The van der Waals surface area contributed by atoms with Crippen LogP contribution >= 0.6 is 0 Å². The Hall–Kier alpha value is -1.55. The number of ether oxygens (including phenoxy) is 1. The minimum atomic E-state index is -0.895. The van der Waals surface area contributed by atoms with Crippen molar-refractivity contribution in [2.75, 3.05) is 13.7 Å². The van der Waals surface area contributed by atoms with E-state index >= 15 is 0 Å². The maximum Gasteiger partial charge on any atom is 0.335 e. The molecule has 18 heavy (non-hydrogen) atoms. The first-order chi connectivity index (χ1) is 8.65. The van der Waals surface area contributed by atoms with Crippen molar-refractivity contribution in [3.63, 3.8) is 0 Å². The summed E-state index contributed by atoms with van der Waals surface area (Å²) in [5.41, 5.74) is 1.27. The third kappa shape index (κ3) is 2.82. The van der Waals surface area contributed by atoms with E-state index in [4.69, 9.17) is 9.84 Å². The van der Waals surface area contributed by atoms with Crippen molar-refractivity contribution in [1.82, 2.24) is 4.90 Å². The lowest BCUT2D eigenvalue weighted by Crippen LogP contribution is -2.25. The van der Waals surface area contributed by atoms with Crippen molar-refractivity contribution in [1.29, 1.82) is 0 Å². The molecule has 0 heterocycles. The summed E-state index contributed by atoms with van der Waals surface area (Å²) in [6.07, 6.45) is 2.49. The minimum absolute atomic E-state index is 0.317. The highest BCUT2D eigenvalue weighted by Crippen LogP contribution is 2.30. The van der Waals surface area contributed by atoms with Crippen LogP contribution < -0.4 is 4.74 Å². The Kier molecular flexibility index (Phi) is 3.87. The molecule has 1 saturated carbocycles. The second-order valence-electron chi connectivity index (χ2n) is 4.63. The van der Waals surface area contributed by atoms with Gasteiger partial charge in [-0.3, -0.25) is 4.90 Å². The lowest BCUT2D eigenvalue weighted by molar-refractivity contribution is 0.0696. The summed E-state index contributed by atoms with van der Waals surface area (Å²) >= 11 is 0. The predicted molar refractivity (Wildman–Crippen MR) is 69.1 cm³/mol. The molecule has 2 rings (SSSR count). The zero-order chi connectivity index (χ0) is 13.1. The van der Waals surface area contributed by atoms with Gasteiger partial charge < -0.3 is 9.84 Å². The van der Waals surface area contributed by atoms with Crippen molar-refractivity contribution < 1.29 is 14.6 Å². The van der Waals surface area contributed by atoms with E-state index in [0.717, 1.165) is 24.4 Å². The highest BCUT2D eigenvalue weighted by Gasteiger charge is 2.28. The summed E-state index contributed by atoms with van der Waals surface area (Å²) in [7, 11) is 1.62. The molecule has 1 aliphatic rings. The van der Waals surface area contributed by atoms with E-state index in [1.54, 1.807) is 25.3 Å². The fraction of sp³-hybridized carbons (Fsp3) is 0.500. The molecule has 4 heteroatoms. The van der Waals surface area contributed by atoms with E-state index in [0.29, 0.717) is 11.6 Å². The van der Waals surface area contributed by atoms with Crippen LogP contribution in [-0.4, -0.2) is 35.7 Å². The number of rotatable bonds is 6. The molecule has 1 fully saturated rings. The van der Waals surface area contributed by atoms with Crippen molar-refractivity contribution in [2.45, 2.75) is 32.4 Å². The highest BCUT2D eigenvalue weighted by molar-refractivity contribution is 5.88. The Bertz CT molecular complexity index is 441. The SMILES string of the molecule is CCN(Cc1cc(C(=O)O)ccc1OC)C1CC1. The number of aromatic carboxylic acids is 1. The largest absolute Gasteiger partial charge is 0.496 e. The van der Waals surface area contributed by atoms with Crippen LogP contribution in [0.1, 0.15) is 35.7 Å². The highest BCUT2D eigenvalue weighted by atomic mass is 16.5. The normalized spacial score (nSPS) is 14.8. The van der Waals surface area contributed by atoms with E-state index in [9.17, 15) is 4.79 Å². The molecule has 1 aliphatic carbocycles. The Morgan fingerprint density at radius 1 is 1.50 bits per heavy atom. The third-order valence-corrected chi connectivity index (χ3v) is 3.37. The number of carboxylic acids is 1. The van der Waals surface area contributed by atoms with E-state index in [2.05, 4.69) is 11.8 Å². The number of hydrogen-bond acceptors (Lipinski definition) is 3. The number of hydrogen-bond donors (Lipinski definition) is 1. The van der Waals surface area contributed by atoms with Crippen molar-refractivity contribution in [3.8, 4) is 5.75 Å². The number of nitrogens with zero attached hydrogens (tertiary/aromatic N) is 1.